The molecule has 1 aromatic carbocycles. The van der Waals surface area contributed by atoms with Gasteiger partial charge in [0.1, 0.15) is 5.82 Å². The Morgan fingerprint density at radius 3 is 2.29 bits per heavy atom. The summed E-state index contributed by atoms with van der Waals surface area (Å²) in [4.78, 5) is 23.6. The fourth-order valence-corrected chi connectivity index (χ4v) is 3.34. The Morgan fingerprint density at radius 1 is 1.15 bits per heavy atom. The van der Waals surface area contributed by atoms with Crippen LogP contribution in [0.5, 0.6) is 0 Å². The van der Waals surface area contributed by atoms with Crippen LogP contribution in [0, 0.1) is 11.7 Å². The molecule has 0 bridgehead atoms. The number of aromatic nitrogens is 2. The van der Waals surface area contributed by atoms with Crippen LogP contribution in [0.1, 0.15) is 68.2 Å². The summed E-state index contributed by atoms with van der Waals surface area (Å²) in [6, 6.07) is 5.64. The standard InChI is InChI=1S/C24H32FN3O5.Na.H/c1-14(2)13-26-24(33)23-22(15(3)4)20(10-9-18(29)11-19(30)12-21(31)32)28(27-23)17-7-5-16(25)6-8-17;;/h5-10,14-15,18-19,29-30H,11-13H2,1-4H3,(H,26,33)(H,31,32);;/b10-9+;;/t18-,19+;;/m0../s1. The summed E-state index contributed by atoms with van der Waals surface area (Å²) in [6.45, 7) is 8.26. The van der Waals surface area contributed by atoms with Crippen LogP contribution in [0.4, 0.5) is 4.39 Å². The minimum atomic E-state index is -1.20. The maximum absolute atomic E-state index is 13.5. The van der Waals surface area contributed by atoms with Crippen molar-refractivity contribution in [1.82, 2.24) is 15.1 Å². The Morgan fingerprint density at radius 2 is 1.76 bits per heavy atom. The molecule has 0 radical (unpaired) electrons. The first kappa shape index (κ1) is 30.0. The van der Waals surface area contributed by atoms with Crippen LogP contribution in [-0.2, 0) is 4.79 Å². The molecule has 2 aromatic rings. The molecule has 2 rings (SSSR count). The average Bonchev–Trinajstić information content (AvgIpc) is 3.10. The van der Waals surface area contributed by atoms with Crippen molar-refractivity contribution in [2.75, 3.05) is 6.54 Å². The first-order chi connectivity index (χ1) is 15.5. The molecule has 1 aromatic heterocycles. The molecule has 2 atom stereocenters. The number of aliphatic hydroxyl groups excluding tert-OH is 2. The summed E-state index contributed by atoms with van der Waals surface area (Å²) in [5.74, 6) is -1.76. The van der Waals surface area contributed by atoms with Gasteiger partial charge in [-0.25, -0.2) is 9.07 Å². The molecule has 182 valence electrons. The third-order valence-corrected chi connectivity index (χ3v) is 4.89. The van der Waals surface area contributed by atoms with E-state index in [2.05, 4.69) is 10.4 Å². The predicted octanol–water partition coefficient (Wildman–Crippen LogP) is 2.47. The van der Waals surface area contributed by atoms with E-state index in [0.29, 0.717) is 23.5 Å². The Labute approximate surface area is 221 Å². The number of aliphatic carboxylic acids is 1. The quantitative estimate of drug-likeness (QED) is 0.363. The van der Waals surface area contributed by atoms with E-state index in [4.69, 9.17) is 5.11 Å². The number of carbonyl (C=O) groups excluding carboxylic acids is 1. The Hall–Kier alpha value is -2.04. The van der Waals surface area contributed by atoms with Gasteiger partial charge >= 0.3 is 35.5 Å². The Kier molecular flexibility index (Phi) is 12.1. The van der Waals surface area contributed by atoms with Crippen molar-refractivity contribution in [1.29, 1.82) is 0 Å². The van der Waals surface area contributed by atoms with E-state index < -0.39 is 30.4 Å². The van der Waals surface area contributed by atoms with Crippen LogP contribution in [0.25, 0.3) is 11.8 Å². The van der Waals surface area contributed by atoms with Gasteiger partial charge in [-0.15, -0.1) is 0 Å². The summed E-state index contributed by atoms with van der Waals surface area (Å²) in [5.41, 5.74) is 1.93. The minimum absolute atomic E-state index is 0. The monoisotopic (exact) mass is 485 g/mol. The van der Waals surface area contributed by atoms with E-state index in [1.807, 2.05) is 27.7 Å². The van der Waals surface area contributed by atoms with Crippen LogP contribution in [0.15, 0.2) is 30.3 Å². The SMILES string of the molecule is CC(C)CNC(=O)c1nn(-c2ccc(F)cc2)c(/C=C/[C@H](O)C[C@@H](O)CC(=O)O)c1C(C)C.[NaH]. The van der Waals surface area contributed by atoms with Gasteiger partial charge in [-0.2, -0.15) is 5.10 Å². The number of halogens is 1. The number of rotatable bonds is 11. The number of hydrogen-bond acceptors (Lipinski definition) is 5. The molecular formula is C24H33FN3NaO5. The van der Waals surface area contributed by atoms with Crippen molar-refractivity contribution in [3.05, 3.63) is 53.1 Å². The molecule has 0 fully saturated rings. The zero-order valence-corrected chi connectivity index (χ0v) is 19.3. The molecule has 34 heavy (non-hydrogen) atoms. The van der Waals surface area contributed by atoms with Gasteiger partial charge in [-0.1, -0.05) is 33.8 Å². The number of hydrogen-bond donors (Lipinski definition) is 4. The van der Waals surface area contributed by atoms with Crippen molar-refractivity contribution >= 4 is 47.5 Å². The van der Waals surface area contributed by atoms with E-state index in [-0.39, 0.29) is 59.4 Å². The van der Waals surface area contributed by atoms with E-state index in [0.717, 1.165) is 0 Å². The Balaban J connectivity index is 0.00000578. The average molecular weight is 486 g/mol. The molecule has 8 nitrogen and oxygen atoms in total. The number of carbonyl (C=O) groups is 2. The normalized spacial score (nSPS) is 13.2. The van der Waals surface area contributed by atoms with Gasteiger partial charge in [0.15, 0.2) is 5.69 Å². The molecule has 0 aliphatic heterocycles. The number of amides is 1. The van der Waals surface area contributed by atoms with Gasteiger partial charge < -0.3 is 20.6 Å². The van der Waals surface area contributed by atoms with Crippen molar-refractivity contribution < 1.29 is 29.3 Å². The van der Waals surface area contributed by atoms with E-state index >= 15 is 0 Å². The van der Waals surface area contributed by atoms with Crippen molar-refractivity contribution in [3.8, 4) is 5.69 Å². The van der Waals surface area contributed by atoms with Crippen LogP contribution in [0.3, 0.4) is 0 Å². The van der Waals surface area contributed by atoms with Crippen molar-refractivity contribution in [2.24, 2.45) is 5.92 Å². The molecule has 0 unspecified atom stereocenters. The molecular weight excluding hydrogens is 452 g/mol. The number of nitrogens with one attached hydrogen (secondary N) is 1. The second-order valence-electron chi connectivity index (χ2n) is 8.71. The fraction of sp³-hybridized carbons (Fsp3) is 0.458. The molecule has 10 heteroatoms. The molecule has 0 spiro atoms. The summed E-state index contributed by atoms with van der Waals surface area (Å²) >= 11 is 0. The summed E-state index contributed by atoms with van der Waals surface area (Å²) < 4.78 is 15.0. The Bertz CT molecular complexity index is 989. The van der Waals surface area contributed by atoms with Crippen molar-refractivity contribution in [3.63, 3.8) is 0 Å². The molecule has 0 aliphatic carbocycles. The fourth-order valence-electron chi connectivity index (χ4n) is 3.34. The van der Waals surface area contributed by atoms with Gasteiger partial charge in [0.2, 0.25) is 0 Å². The number of carboxylic acid groups (broad SMARTS) is 1. The van der Waals surface area contributed by atoms with Crippen LogP contribution < -0.4 is 5.32 Å². The zero-order valence-electron chi connectivity index (χ0n) is 19.3. The molecule has 1 amide bonds. The zero-order chi connectivity index (χ0) is 24.7. The van der Waals surface area contributed by atoms with Crippen LogP contribution in [-0.4, -0.2) is 85.3 Å². The number of carboxylic acids is 1. The third-order valence-electron chi connectivity index (χ3n) is 4.89. The van der Waals surface area contributed by atoms with Gasteiger partial charge in [-0.05, 0) is 42.2 Å². The van der Waals surface area contributed by atoms with Gasteiger partial charge in [0.05, 0.1) is 30.0 Å². The van der Waals surface area contributed by atoms with Crippen LogP contribution >= 0.6 is 0 Å². The first-order valence-electron chi connectivity index (χ1n) is 10.9. The predicted molar refractivity (Wildman–Crippen MR) is 130 cm³/mol. The molecule has 1 heterocycles. The number of nitrogens with zero attached hydrogens (tertiary/aromatic N) is 2. The molecule has 0 saturated heterocycles. The number of benzene rings is 1. The van der Waals surface area contributed by atoms with Gasteiger partial charge in [0, 0.05) is 18.5 Å². The van der Waals surface area contributed by atoms with Gasteiger partial charge in [0.25, 0.3) is 5.91 Å². The second-order valence-corrected chi connectivity index (χ2v) is 8.71. The summed E-state index contributed by atoms with van der Waals surface area (Å²) in [7, 11) is 0. The molecule has 0 aliphatic rings. The van der Waals surface area contributed by atoms with E-state index in [1.165, 1.54) is 35.0 Å². The topological polar surface area (TPSA) is 125 Å². The van der Waals surface area contributed by atoms with E-state index in [1.54, 1.807) is 6.08 Å². The number of aliphatic hydroxyl groups is 2. The summed E-state index contributed by atoms with van der Waals surface area (Å²) in [5, 5.41) is 36.2. The van der Waals surface area contributed by atoms with Gasteiger partial charge in [-0.3, -0.25) is 9.59 Å². The second kappa shape index (κ2) is 13.7. The van der Waals surface area contributed by atoms with Crippen LogP contribution in [0.2, 0.25) is 0 Å². The molecule has 4 N–H and O–H groups in total. The van der Waals surface area contributed by atoms with Crippen molar-refractivity contribution in [2.45, 2.75) is 58.7 Å². The maximum atomic E-state index is 13.5. The summed E-state index contributed by atoms with van der Waals surface area (Å²) in [6.07, 6.45) is 0.0507. The molecule has 0 saturated carbocycles. The first-order valence-corrected chi connectivity index (χ1v) is 10.9. The van der Waals surface area contributed by atoms with E-state index in [9.17, 15) is 24.2 Å². The third kappa shape index (κ3) is 8.63.